The van der Waals surface area contributed by atoms with Crippen LogP contribution in [0.5, 0.6) is 0 Å². The highest BCUT2D eigenvalue weighted by molar-refractivity contribution is 6.27. The molecule has 13 heavy (non-hydrogen) atoms. The van der Waals surface area contributed by atoms with Gasteiger partial charge >= 0.3 is 0 Å². The van der Waals surface area contributed by atoms with Crippen molar-refractivity contribution in [3.05, 3.63) is 0 Å². The summed E-state index contributed by atoms with van der Waals surface area (Å²) in [6.07, 6.45) is 7.25. The Kier molecular flexibility index (Phi) is 6.50. The van der Waals surface area contributed by atoms with E-state index in [1.165, 1.54) is 38.1 Å². The quantitative estimate of drug-likeness (QED) is 0.373. The van der Waals surface area contributed by atoms with Crippen molar-refractivity contribution < 1.29 is 9.16 Å². The van der Waals surface area contributed by atoms with E-state index in [2.05, 4.69) is 0 Å². The van der Waals surface area contributed by atoms with Crippen molar-refractivity contribution in [3.8, 4) is 0 Å². The van der Waals surface area contributed by atoms with E-state index in [0.29, 0.717) is 6.79 Å². The van der Waals surface area contributed by atoms with Crippen molar-refractivity contribution in [2.75, 3.05) is 13.4 Å². The van der Waals surface area contributed by atoms with Crippen LogP contribution in [0.15, 0.2) is 0 Å². The van der Waals surface area contributed by atoms with Crippen LogP contribution in [0, 0.1) is 5.92 Å². The normalized spacial score (nSPS) is 20.1. The molecule has 0 amide bonds. The molecule has 3 heteroatoms. The van der Waals surface area contributed by atoms with Crippen LogP contribution in [0.4, 0.5) is 0 Å². The highest BCUT2D eigenvalue weighted by Gasteiger charge is 2.12. The second-order valence-corrected chi connectivity index (χ2v) is 5.21. The van der Waals surface area contributed by atoms with Crippen LogP contribution in [-0.4, -0.2) is 23.2 Å². The first-order valence-corrected chi connectivity index (χ1v) is 7.16. The minimum atomic E-state index is -0.279. The average molecular weight is 202 g/mol. The summed E-state index contributed by atoms with van der Waals surface area (Å²) in [7, 11) is -0.279. The Balaban J connectivity index is 1.86. The van der Waals surface area contributed by atoms with Gasteiger partial charge in [0.2, 0.25) is 0 Å². The largest absolute Gasteiger partial charge is 0.402 e. The van der Waals surface area contributed by atoms with Gasteiger partial charge in [-0.1, -0.05) is 32.1 Å². The third-order valence-corrected chi connectivity index (χ3v) is 4.27. The lowest BCUT2D eigenvalue weighted by atomic mass is 9.91. The van der Waals surface area contributed by atoms with Crippen molar-refractivity contribution in [3.63, 3.8) is 0 Å². The molecule has 0 unspecified atom stereocenters. The molecule has 0 spiro atoms. The lowest BCUT2D eigenvalue weighted by molar-refractivity contribution is 0.0237. The smallest absolute Gasteiger partial charge is 0.164 e. The number of hydrogen-bond acceptors (Lipinski definition) is 2. The third kappa shape index (κ3) is 5.44. The molecule has 1 aliphatic rings. The van der Waals surface area contributed by atoms with E-state index in [-0.39, 0.29) is 9.76 Å². The summed E-state index contributed by atoms with van der Waals surface area (Å²) in [5.41, 5.74) is 0. The molecular formula is C10H22O2Si. The summed E-state index contributed by atoms with van der Waals surface area (Å²) in [5.74, 6) is 0.988. The molecule has 0 heterocycles. The molecule has 0 aromatic rings. The fraction of sp³-hybridized carbons (Fsp3) is 1.00. The Morgan fingerprint density at radius 3 is 2.69 bits per heavy atom. The number of ether oxygens (including phenoxy) is 1. The van der Waals surface area contributed by atoms with Crippen molar-refractivity contribution >= 4 is 9.76 Å². The molecule has 0 saturated heterocycles. The Bertz CT molecular complexity index is 113. The van der Waals surface area contributed by atoms with Crippen molar-refractivity contribution in [1.82, 2.24) is 0 Å². The molecule has 0 bridgehead atoms. The molecule has 1 aliphatic carbocycles. The summed E-state index contributed by atoms with van der Waals surface area (Å²) in [4.78, 5) is 0. The lowest BCUT2D eigenvalue weighted by Gasteiger charge is -2.20. The lowest BCUT2D eigenvalue weighted by Crippen LogP contribution is -2.12. The van der Waals surface area contributed by atoms with E-state index < -0.39 is 0 Å². The van der Waals surface area contributed by atoms with Crippen LogP contribution >= 0.6 is 0 Å². The van der Waals surface area contributed by atoms with Gasteiger partial charge in [-0.15, -0.1) is 0 Å². The van der Waals surface area contributed by atoms with E-state index in [1.54, 1.807) is 0 Å². The maximum Gasteiger partial charge on any atom is 0.164 e. The zero-order valence-corrected chi connectivity index (χ0v) is 10.2. The molecule has 0 aliphatic heterocycles. The second-order valence-electron chi connectivity index (χ2n) is 3.81. The minimum absolute atomic E-state index is 0.279. The van der Waals surface area contributed by atoms with Gasteiger partial charge in [0.25, 0.3) is 0 Å². The van der Waals surface area contributed by atoms with Crippen LogP contribution in [0.1, 0.15) is 39.0 Å². The van der Waals surface area contributed by atoms with Gasteiger partial charge in [-0.05, 0) is 18.9 Å². The van der Waals surface area contributed by atoms with Gasteiger partial charge in [-0.25, -0.2) is 0 Å². The molecule has 2 nitrogen and oxygen atoms in total. The Labute approximate surface area is 83.9 Å². The van der Waals surface area contributed by atoms with Gasteiger partial charge in [0.05, 0.1) is 0 Å². The summed E-state index contributed by atoms with van der Waals surface area (Å²) in [6.45, 7) is 3.32. The van der Waals surface area contributed by atoms with Crippen molar-refractivity contribution in [1.29, 1.82) is 0 Å². The van der Waals surface area contributed by atoms with Gasteiger partial charge in [-0.2, -0.15) is 0 Å². The minimum Gasteiger partial charge on any atom is -0.402 e. The predicted molar refractivity (Wildman–Crippen MR) is 57.5 cm³/mol. The molecule has 0 aromatic carbocycles. The van der Waals surface area contributed by atoms with Gasteiger partial charge in [0.1, 0.15) is 6.79 Å². The first-order valence-electron chi connectivity index (χ1n) is 5.59. The first kappa shape index (κ1) is 11.2. The molecule has 0 N–H and O–H groups in total. The Hall–Kier alpha value is 0.137. The van der Waals surface area contributed by atoms with Crippen LogP contribution < -0.4 is 0 Å². The van der Waals surface area contributed by atoms with Crippen LogP contribution in [0.25, 0.3) is 0 Å². The summed E-state index contributed by atoms with van der Waals surface area (Å²) in [5, 5.41) is 0. The van der Waals surface area contributed by atoms with Crippen LogP contribution in [-0.2, 0) is 9.16 Å². The standard InChI is InChI=1S/C10H22O2Si/c1-2-11-9-12-13-8-10-6-4-3-5-7-10/h10H,2-9,13H2,1H3. The van der Waals surface area contributed by atoms with E-state index in [9.17, 15) is 0 Å². The zero-order valence-electron chi connectivity index (χ0n) is 8.76. The van der Waals surface area contributed by atoms with Crippen molar-refractivity contribution in [2.24, 2.45) is 5.92 Å². The Morgan fingerprint density at radius 1 is 1.23 bits per heavy atom. The van der Waals surface area contributed by atoms with E-state index in [4.69, 9.17) is 9.16 Å². The molecule has 1 fully saturated rings. The van der Waals surface area contributed by atoms with Crippen LogP contribution in [0.2, 0.25) is 6.04 Å². The fourth-order valence-electron chi connectivity index (χ4n) is 1.93. The number of hydrogen-bond donors (Lipinski definition) is 0. The fourth-order valence-corrected chi connectivity index (χ4v) is 3.24. The predicted octanol–water partition coefficient (Wildman–Crippen LogP) is 2.08. The molecule has 1 rings (SSSR count). The summed E-state index contributed by atoms with van der Waals surface area (Å²) >= 11 is 0. The molecular weight excluding hydrogens is 180 g/mol. The van der Waals surface area contributed by atoms with Gasteiger partial charge < -0.3 is 9.16 Å². The molecule has 0 aromatic heterocycles. The van der Waals surface area contributed by atoms with Gasteiger partial charge in [0.15, 0.2) is 9.76 Å². The summed E-state index contributed by atoms with van der Waals surface area (Å²) < 4.78 is 10.6. The summed E-state index contributed by atoms with van der Waals surface area (Å²) in [6, 6.07) is 1.37. The third-order valence-electron chi connectivity index (χ3n) is 2.77. The van der Waals surface area contributed by atoms with Gasteiger partial charge in [0, 0.05) is 6.61 Å². The van der Waals surface area contributed by atoms with Gasteiger partial charge in [-0.3, -0.25) is 0 Å². The first-order chi connectivity index (χ1) is 6.43. The maximum absolute atomic E-state index is 5.49. The number of rotatable bonds is 6. The highest BCUT2D eigenvalue weighted by atomic mass is 28.2. The van der Waals surface area contributed by atoms with E-state index >= 15 is 0 Å². The Morgan fingerprint density at radius 2 is 2.00 bits per heavy atom. The highest BCUT2D eigenvalue weighted by Crippen LogP contribution is 2.26. The monoisotopic (exact) mass is 202 g/mol. The second kappa shape index (κ2) is 7.53. The molecule has 0 radical (unpaired) electrons. The van der Waals surface area contributed by atoms with E-state index in [0.717, 1.165) is 12.5 Å². The topological polar surface area (TPSA) is 18.5 Å². The van der Waals surface area contributed by atoms with Crippen LogP contribution in [0.3, 0.4) is 0 Å². The molecule has 78 valence electrons. The zero-order chi connectivity index (χ0) is 9.36. The van der Waals surface area contributed by atoms with Crippen molar-refractivity contribution in [2.45, 2.75) is 45.1 Å². The SMILES string of the molecule is CCOCO[SiH2]CC1CCCCC1. The maximum atomic E-state index is 5.49. The average Bonchev–Trinajstić information content (AvgIpc) is 2.19. The van der Waals surface area contributed by atoms with E-state index in [1.807, 2.05) is 6.92 Å². The molecule has 0 atom stereocenters. The molecule has 1 saturated carbocycles.